The molecule has 6 nitrogen and oxygen atoms in total. The third-order valence-corrected chi connectivity index (χ3v) is 4.82. The number of aromatic amines is 1. The van der Waals surface area contributed by atoms with Crippen molar-refractivity contribution in [3.05, 3.63) is 10.5 Å². The Kier molecular flexibility index (Phi) is 3.78. The molecular formula is C11H17N5OS. The highest BCUT2D eigenvalue weighted by molar-refractivity contribution is 7.99. The van der Waals surface area contributed by atoms with E-state index in [9.17, 15) is 10.1 Å². The van der Waals surface area contributed by atoms with Crippen molar-refractivity contribution in [3.8, 4) is 6.07 Å². The number of nitrogens with zero attached hydrogens (tertiary/aromatic N) is 3. The van der Waals surface area contributed by atoms with E-state index in [1.807, 2.05) is 7.05 Å². The first-order valence-corrected chi connectivity index (χ1v) is 6.86. The molecule has 1 heterocycles. The maximum Gasteiger partial charge on any atom is 0.343 e. The Hall–Kier alpha value is -1.26. The summed E-state index contributed by atoms with van der Waals surface area (Å²) >= 11 is 1.57. The summed E-state index contributed by atoms with van der Waals surface area (Å²) in [6.45, 7) is 0. The molecule has 0 bridgehead atoms. The molecular weight excluding hydrogens is 250 g/mol. The molecule has 2 N–H and O–H groups in total. The number of hydrogen-bond donors (Lipinski definition) is 2. The van der Waals surface area contributed by atoms with Gasteiger partial charge in [-0.2, -0.15) is 5.26 Å². The van der Waals surface area contributed by atoms with Crippen LogP contribution in [0.5, 0.6) is 0 Å². The Bertz CT molecular complexity index is 516. The Morgan fingerprint density at radius 2 is 2.50 bits per heavy atom. The summed E-state index contributed by atoms with van der Waals surface area (Å²) in [5.41, 5.74) is -0.626. The van der Waals surface area contributed by atoms with Gasteiger partial charge in [0.25, 0.3) is 0 Å². The number of rotatable bonds is 3. The second-order valence-electron chi connectivity index (χ2n) is 4.65. The number of hydrogen-bond acceptors (Lipinski definition) is 5. The summed E-state index contributed by atoms with van der Waals surface area (Å²) in [4.78, 5) is 11.3. The minimum absolute atomic E-state index is 0.200. The molecule has 0 amide bonds. The fourth-order valence-electron chi connectivity index (χ4n) is 2.30. The molecule has 0 spiro atoms. The lowest BCUT2D eigenvalue weighted by atomic mass is 9.83. The van der Waals surface area contributed by atoms with Gasteiger partial charge in [0.15, 0.2) is 5.16 Å². The second kappa shape index (κ2) is 5.16. The van der Waals surface area contributed by atoms with Crippen molar-refractivity contribution >= 4 is 11.8 Å². The molecule has 1 saturated carbocycles. The third-order valence-electron chi connectivity index (χ3n) is 3.51. The second-order valence-corrected chi connectivity index (χ2v) is 5.92. The summed E-state index contributed by atoms with van der Waals surface area (Å²) in [5, 5.41) is 19.9. The molecule has 2 unspecified atom stereocenters. The van der Waals surface area contributed by atoms with Gasteiger partial charge >= 0.3 is 5.69 Å². The summed E-state index contributed by atoms with van der Waals surface area (Å²) in [6.07, 6.45) is 3.74. The lowest BCUT2D eigenvalue weighted by molar-refractivity contribution is 0.323. The molecule has 1 aliphatic carbocycles. The molecule has 0 aromatic carbocycles. The first-order chi connectivity index (χ1) is 8.60. The molecule has 0 aliphatic heterocycles. The zero-order valence-corrected chi connectivity index (χ0v) is 11.4. The van der Waals surface area contributed by atoms with Crippen LogP contribution in [0.3, 0.4) is 0 Å². The number of aromatic nitrogens is 3. The van der Waals surface area contributed by atoms with Crippen LogP contribution in [-0.2, 0) is 7.05 Å². The fourth-order valence-corrected chi connectivity index (χ4v) is 3.59. The van der Waals surface area contributed by atoms with Gasteiger partial charge in [0.1, 0.15) is 5.54 Å². The van der Waals surface area contributed by atoms with E-state index < -0.39 is 5.54 Å². The van der Waals surface area contributed by atoms with Gasteiger partial charge in [-0.3, -0.25) is 4.57 Å². The molecule has 98 valence electrons. The summed E-state index contributed by atoms with van der Waals surface area (Å²) in [5.74, 6) is 0. The predicted octanol–water partition coefficient (Wildman–Crippen LogP) is 0.625. The summed E-state index contributed by atoms with van der Waals surface area (Å²) < 4.78 is 1.51. The van der Waals surface area contributed by atoms with Crippen LogP contribution in [0.25, 0.3) is 0 Å². The van der Waals surface area contributed by atoms with Crippen molar-refractivity contribution in [3.63, 3.8) is 0 Å². The third kappa shape index (κ3) is 2.44. The maximum absolute atomic E-state index is 11.3. The normalized spacial score (nSPS) is 27.9. The Labute approximate surface area is 110 Å². The van der Waals surface area contributed by atoms with Crippen molar-refractivity contribution in [2.45, 2.75) is 41.6 Å². The van der Waals surface area contributed by atoms with Crippen molar-refractivity contribution in [2.75, 3.05) is 7.05 Å². The Morgan fingerprint density at radius 3 is 3.06 bits per heavy atom. The molecule has 2 atom stereocenters. The first kappa shape index (κ1) is 13.2. The topological polar surface area (TPSA) is 86.5 Å². The zero-order chi connectivity index (χ0) is 13.2. The minimum atomic E-state index is -0.426. The van der Waals surface area contributed by atoms with E-state index in [-0.39, 0.29) is 5.69 Å². The van der Waals surface area contributed by atoms with E-state index in [4.69, 9.17) is 0 Å². The standard InChI is InChI=1S/C11H17N5OS/c1-13-11(7-12)5-3-4-8(6-11)18-10-15-14-9(17)16(10)2/h8,13H,3-6H2,1-2H3,(H,14,17). The average Bonchev–Trinajstić information content (AvgIpc) is 2.71. The van der Waals surface area contributed by atoms with Gasteiger partial charge in [0.05, 0.1) is 6.07 Å². The van der Waals surface area contributed by atoms with Gasteiger partial charge in [-0.05, 0) is 32.7 Å². The molecule has 1 aromatic heterocycles. The van der Waals surface area contributed by atoms with Crippen molar-refractivity contribution in [1.82, 2.24) is 20.1 Å². The van der Waals surface area contributed by atoms with Gasteiger partial charge in [-0.1, -0.05) is 11.8 Å². The average molecular weight is 267 g/mol. The van der Waals surface area contributed by atoms with Gasteiger partial charge in [-0.25, -0.2) is 9.89 Å². The Morgan fingerprint density at radius 1 is 1.72 bits per heavy atom. The SMILES string of the molecule is CNC1(C#N)CCCC(Sc2n[nH]c(=O)n2C)C1. The van der Waals surface area contributed by atoms with E-state index in [1.165, 1.54) is 4.57 Å². The van der Waals surface area contributed by atoms with Crippen LogP contribution in [-0.4, -0.2) is 32.6 Å². The van der Waals surface area contributed by atoms with Crippen LogP contribution < -0.4 is 11.0 Å². The number of thioether (sulfide) groups is 1. The first-order valence-electron chi connectivity index (χ1n) is 5.98. The largest absolute Gasteiger partial charge is 0.343 e. The molecule has 1 fully saturated rings. The number of nitrogens with one attached hydrogen (secondary N) is 2. The highest BCUT2D eigenvalue weighted by atomic mass is 32.2. The monoisotopic (exact) mass is 267 g/mol. The summed E-state index contributed by atoms with van der Waals surface area (Å²) in [6, 6.07) is 2.38. The lowest BCUT2D eigenvalue weighted by Gasteiger charge is -2.34. The quantitative estimate of drug-likeness (QED) is 0.838. The summed E-state index contributed by atoms with van der Waals surface area (Å²) in [7, 11) is 3.53. The van der Waals surface area contributed by atoms with Gasteiger partial charge in [0.2, 0.25) is 0 Å². The molecule has 1 aromatic rings. The molecule has 7 heteroatoms. The Balaban J connectivity index is 2.09. The predicted molar refractivity (Wildman–Crippen MR) is 69.3 cm³/mol. The van der Waals surface area contributed by atoms with Crippen LogP contribution >= 0.6 is 11.8 Å². The molecule has 0 saturated heterocycles. The van der Waals surface area contributed by atoms with Crippen molar-refractivity contribution in [2.24, 2.45) is 7.05 Å². The highest BCUT2D eigenvalue weighted by Crippen LogP contribution is 2.36. The van der Waals surface area contributed by atoms with E-state index in [2.05, 4.69) is 21.6 Å². The van der Waals surface area contributed by atoms with Gasteiger partial charge in [-0.15, -0.1) is 5.10 Å². The molecule has 18 heavy (non-hydrogen) atoms. The molecule has 0 radical (unpaired) electrons. The van der Waals surface area contributed by atoms with Gasteiger partial charge in [0, 0.05) is 12.3 Å². The minimum Gasteiger partial charge on any atom is -0.302 e. The van der Waals surface area contributed by atoms with E-state index >= 15 is 0 Å². The van der Waals surface area contributed by atoms with Crippen molar-refractivity contribution < 1.29 is 0 Å². The molecule has 2 rings (SSSR count). The van der Waals surface area contributed by atoms with Crippen LogP contribution in [0.15, 0.2) is 9.95 Å². The highest BCUT2D eigenvalue weighted by Gasteiger charge is 2.36. The fraction of sp³-hybridized carbons (Fsp3) is 0.727. The van der Waals surface area contributed by atoms with Crippen molar-refractivity contribution in [1.29, 1.82) is 5.26 Å². The lowest BCUT2D eigenvalue weighted by Crippen LogP contribution is -2.46. The van der Waals surface area contributed by atoms with Crippen LogP contribution in [0.2, 0.25) is 0 Å². The smallest absolute Gasteiger partial charge is 0.302 e. The van der Waals surface area contributed by atoms with Crippen LogP contribution in [0.4, 0.5) is 0 Å². The van der Waals surface area contributed by atoms with E-state index in [0.717, 1.165) is 25.7 Å². The van der Waals surface area contributed by atoms with Crippen LogP contribution in [0.1, 0.15) is 25.7 Å². The van der Waals surface area contributed by atoms with Crippen LogP contribution in [0, 0.1) is 11.3 Å². The number of nitriles is 1. The van der Waals surface area contributed by atoms with E-state index in [1.54, 1.807) is 18.8 Å². The maximum atomic E-state index is 11.3. The number of H-pyrrole nitrogens is 1. The molecule has 1 aliphatic rings. The van der Waals surface area contributed by atoms with Gasteiger partial charge < -0.3 is 5.32 Å². The van der Waals surface area contributed by atoms with E-state index in [0.29, 0.717) is 10.4 Å². The zero-order valence-electron chi connectivity index (χ0n) is 10.6.